The smallest absolute Gasteiger partial charge is 0.313 e. The summed E-state index contributed by atoms with van der Waals surface area (Å²) in [7, 11) is 0. The maximum atomic E-state index is 13.3. The molecule has 112 valence electrons. The van der Waals surface area contributed by atoms with E-state index in [1.54, 1.807) is 12.3 Å². The average molecular weight is 329 g/mol. The molecule has 4 nitrogen and oxygen atoms in total. The van der Waals surface area contributed by atoms with Crippen LogP contribution < -0.4 is 0 Å². The number of rotatable bonds is 5. The molecule has 7 heteroatoms. The molecule has 2 aromatic rings. The fraction of sp³-hybridized carbons (Fsp3) is 0.286. The Kier molecular flexibility index (Phi) is 4.90. The molecular weight excluding hydrogens is 315 g/mol. The van der Waals surface area contributed by atoms with Gasteiger partial charge in [-0.15, -0.1) is 0 Å². The number of thioether (sulfide) groups is 1. The molecule has 0 fully saturated rings. The van der Waals surface area contributed by atoms with E-state index in [2.05, 4.69) is 4.98 Å². The standard InChI is InChI=1S/C14H14ClFN2O2S/c1-8(2)12-6-17-14(21-7-13(19)20)18(12)9-3-4-11(16)10(15)5-9/h3-6,8H,7H2,1-2H3,(H,19,20). The Morgan fingerprint density at radius 1 is 1.52 bits per heavy atom. The summed E-state index contributed by atoms with van der Waals surface area (Å²) in [6.07, 6.45) is 1.70. The van der Waals surface area contributed by atoms with Crippen LogP contribution in [0.5, 0.6) is 0 Å². The zero-order valence-electron chi connectivity index (χ0n) is 11.5. The monoisotopic (exact) mass is 328 g/mol. The van der Waals surface area contributed by atoms with Gasteiger partial charge in [0, 0.05) is 11.4 Å². The topological polar surface area (TPSA) is 55.1 Å². The van der Waals surface area contributed by atoms with Crippen molar-refractivity contribution in [2.75, 3.05) is 5.75 Å². The number of imidazole rings is 1. The predicted molar refractivity (Wildman–Crippen MR) is 81.0 cm³/mol. The van der Waals surface area contributed by atoms with Gasteiger partial charge in [-0.2, -0.15) is 0 Å². The van der Waals surface area contributed by atoms with E-state index in [-0.39, 0.29) is 16.7 Å². The number of nitrogens with zero attached hydrogens (tertiary/aromatic N) is 2. The molecule has 0 saturated heterocycles. The lowest BCUT2D eigenvalue weighted by molar-refractivity contribution is -0.133. The van der Waals surface area contributed by atoms with Crippen molar-refractivity contribution in [3.05, 3.63) is 40.9 Å². The minimum atomic E-state index is -0.919. The molecule has 0 unspecified atom stereocenters. The summed E-state index contributed by atoms with van der Waals surface area (Å²) in [6, 6.07) is 4.39. The lowest BCUT2D eigenvalue weighted by atomic mass is 10.1. The van der Waals surface area contributed by atoms with Crippen LogP contribution in [-0.2, 0) is 4.79 Å². The Labute approximate surface area is 130 Å². The Morgan fingerprint density at radius 2 is 2.24 bits per heavy atom. The van der Waals surface area contributed by atoms with Crippen molar-refractivity contribution in [2.24, 2.45) is 0 Å². The van der Waals surface area contributed by atoms with Gasteiger partial charge in [0.25, 0.3) is 0 Å². The van der Waals surface area contributed by atoms with Crippen LogP contribution in [0.3, 0.4) is 0 Å². The van der Waals surface area contributed by atoms with Crippen molar-refractivity contribution in [3.8, 4) is 5.69 Å². The second-order valence-corrected chi connectivity index (χ2v) is 6.09. The van der Waals surface area contributed by atoms with E-state index in [0.717, 1.165) is 17.5 Å². The van der Waals surface area contributed by atoms with Gasteiger partial charge < -0.3 is 5.11 Å². The molecular formula is C14H14ClFN2O2S. The zero-order valence-corrected chi connectivity index (χ0v) is 13.1. The van der Waals surface area contributed by atoms with E-state index in [0.29, 0.717) is 10.8 Å². The van der Waals surface area contributed by atoms with Gasteiger partial charge in [0.1, 0.15) is 5.82 Å². The summed E-state index contributed by atoms with van der Waals surface area (Å²) in [5, 5.41) is 9.37. The average Bonchev–Trinajstić information content (AvgIpc) is 2.83. The van der Waals surface area contributed by atoms with Crippen LogP contribution in [0.15, 0.2) is 29.6 Å². The third kappa shape index (κ3) is 3.57. The summed E-state index contributed by atoms with van der Waals surface area (Å²) in [5.74, 6) is -1.33. The van der Waals surface area contributed by atoms with Gasteiger partial charge in [-0.25, -0.2) is 9.37 Å². The van der Waals surface area contributed by atoms with Crippen LogP contribution >= 0.6 is 23.4 Å². The molecule has 1 heterocycles. The van der Waals surface area contributed by atoms with Crippen LogP contribution in [0.1, 0.15) is 25.5 Å². The lowest BCUT2D eigenvalue weighted by Gasteiger charge is -2.14. The van der Waals surface area contributed by atoms with Crippen molar-refractivity contribution in [1.29, 1.82) is 0 Å². The number of halogens is 2. The molecule has 21 heavy (non-hydrogen) atoms. The number of hydrogen-bond acceptors (Lipinski definition) is 3. The first-order valence-corrected chi connectivity index (χ1v) is 7.64. The molecule has 1 aromatic heterocycles. The van der Waals surface area contributed by atoms with Gasteiger partial charge in [0.05, 0.1) is 17.0 Å². The van der Waals surface area contributed by atoms with E-state index in [1.807, 2.05) is 18.4 Å². The molecule has 2 rings (SSSR count). The highest BCUT2D eigenvalue weighted by atomic mass is 35.5. The number of carbonyl (C=O) groups is 1. The van der Waals surface area contributed by atoms with Gasteiger partial charge in [-0.3, -0.25) is 9.36 Å². The molecule has 0 bridgehead atoms. The molecule has 0 saturated carbocycles. The quantitative estimate of drug-likeness (QED) is 0.844. The molecule has 1 aromatic carbocycles. The van der Waals surface area contributed by atoms with Crippen LogP contribution in [0.25, 0.3) is 5.69 Å². The molecule has 0 aliphatic carbocycles. The van der Waals surface area contributed by atoms with Crippen molar-refractivity contribution >= 4 is 29.3 Å². The maximum Gasteiger partial charge on any atom is 0.313 e. The Morgan fingerprint density at radius 3 is 2.81 bits per heavy atom. The number of carboxylic acids is 1. The fourth-order valence-corrected chi connectivity index (χ4v) is 2.76. The maximum absolute atomic E-state index is 13.3. The van der Waals surface area contributed by atoms with Crippen molar-refractivity contribution in [2.45, 2.75) is 24.9 Å². The third-order valence-corrected chi connectivity index (χ3v) is 4.06. The molecule has 0 spiro atoms. The highest BCUT2D eigenvalue weighted by Gasteiger charge is 2.16. The van der Waals surface area contributed by atoms with Crippen LogP contribution in [0.2, 0.25) is 5.02 Å². The van der Waals surface area contributed by atoms with Crippen LogP contribution in [-0.4, -0.2) is 26.4 Å². The second kappa shape index (κ2) is 6.49. The highest BCUT2D eigenvalue weighted by Crippen LogP contribution is 2.29. The number of benzene rings is 1. The minimum absolute atomic E-state index is 0.0186. The Bertz CT molecular complexity index is 673. The summed E-state index contributed by atoms with van der Waals surface area (Å²) in [4.78, 5) is 15.0. The van der Waals surface area contributed by atoms with E-state index < -0.39 is 11.8 Å². The summed E-state index contributed by atoms with van der Waals surface area (Å²) < 4.78 is 15.1. The first kappa shape index (κ1) is 15.9. The highest BCUT2D eigenvalue weighted by molar-refractivity contribution is 7.99. The van der Waals surface area contributed by atoms with Gasteiger partial charge in [-0.05, 0) is 24.1 Å². The van der Waals surface area contributed by atoms with E-state index >= 15 is 0 Å². The first-order valence-electron chi connectivity index (χ1n) is 6.27. The number of carboxylic acid groups (broad SMARTS) is 1. The molecule has 0 aliphatic heterocycles. The first-order chi connectivity index (χ1) is 9.90. The van der Waals surface area contributed by atoms with Gasteiger partial charge >= 0.3 is 5.97 Å². The Hall–Kier alpha value is -1.53. The molecule has 0 radical (unpaired) electrons. The van der Waals surface area contributed by atoms with Crippen molar-refractivity contribution in [1.82, 2.24) is 9.55 Å². The number of hydrogen-bond donors (Lipinski definition) is 1. The van der Waals surface area contributed by atoms with Crippen molar-refractivity contribution < 1.29 is 14.3 Å². The summed E-state index contributed by atoms with van der Waals surface area (Å²) >= 11 is 6.95. The molecule has 0 amide bonds. The van der Waals surface area contributed by atoms with Gasteiger partial charge in [-0.1, -0.05) is 37.2 Å². The third-order valence-electron chi connectivity index (χ3n) is 2.83. The molecule has 1 N–H and O–H groups in total. The van der Waals surface area contributed by atoms with E-state index in [1.165, 1.54) is 12.1 Å². The summed E-state index contributed by atoms with van der Waals surface area (Å²) in [5.41, 5.74) is 1.57. The van der Waals surface area contributed by atoms with Gasteiger partial charge in [0.15, 0.2) is 5.16 Å². The van der Waals surface area contributed by atoms with E-state index in [9.17, 15) is 9.18 Å². The fourth-order valence-electron chi connectivity index (χ4n) is 1.87. The largest absolute Gasteiger partial charge is 0.481 e. The second-order valence-electron chi connectivity index (χ2n) is 4.74. The normalized spacial score (nSPS) is 11.1. The van der Waals surface area contributed by atoms with E-state index in [4.69, 9.17) is 16.7 Å². The Balaban J connectivity index is 2.49. The predicted octanol–water partition coefficient (Wildman–Crippen LogP) is 3.96. The van der Waals surface area contributed by atoms with Gasteiger partial charge in [0.2, 0.25) is 0 Å². The van der Waals surface area contributed by atoms with Crippen LogP contribution in [0, 0.1) is 5.82 Å². The molecule has 0 aliphatic rings. The van der Waals surface area contributed by atoms with Crippen LogP contribution in [0.4, 0.5) is 4.39 Å². The van der Waals surface area contributed by atoms with Crippen molar-refractivity contribution in [3.63, 3.8) is 0 Å². The minimum Gasteiger partial charge on any atom is -0.481 e. The zero-order chi connectivity index (χ0) is 15.6. The number of aliphatic carboxylic acids is 1. The lowest BCUT2D eigenvalue weighted by Crippen LogP contribution is -2.05. The summed E-state index contributed by atoms with van der Waals surface area (Å²) in [6.45, 7) is 4.01. The molecule has 0 atom stereocenters. The SMILES string of the molecule is CC(C)c1cnc(SCC(=O)O)n1-c1ccc(F)c(Cl)c1. The number of aromatic nitrogens is 2.